The fourth-order valence-electron chi connectivity index (χ4n) is 3.01. The van der Waals surface area contributed by atoms with Crippen molar-refractivity contribution in [1.82, 2.24) is 14.8 Å². The van der Waals surface area contributed by atoms with Crippen LogP contribution in [0.4, 0.5) is 5.95 Å². The van der Waals surface area contributed by atoms with Crippen molar-refractivity contribution in [3.05, 3.63) is 41.4 Å². The van der Waals surface area contributed by atoms with E-state index in [1.54, 1.807) is 11.6 Å². The van der Waals surface area contributed by atoms with Gasteiger partial charge in [-0.25, -0.2) is 4.68 Å². The lowest BCUT2D eigenvalue weighted by atomic mass is 9.95. The molecule has 1 aliphatic rings. The molecular weight excluding hydrogens is 334 g/mol. The minimum Gasteiger partial charge on any atom is -0.490 e. The monoisotopic (exact) mass is 357 g/mol. The molecule has 0 radical (unpaired) electrons. The molecule has 1 unspecified atom stereocenters. The number of nitrogens with zero attached hydrogens (tertiary/aromatic N) is 3. The molecule has 0 saturated heterocycles. The van der Waals surface area contributed by atoms with E-state index >= 15 is 0 Å². The predicted octanol–water partition coefficient (Wildman–Crippen LogP) is 2.24. The van der Waals surface area contributed by atoms with Crippen molar-refractivity contribution in [2.45, 2.75) is 33.2 Å². The van der Waals surface area contributed by atoms with E-state index in [9.17, 15) is 4.79 Å². The number of primary amides is 1. The van der Waals surface area contributed by atoms with Crippen LogP contribution in [-0.2, 0) is 4.79 Å². The zero-order chi connectivity index (χ0) is 18.7. The van der Waals surface area contributed by atoms with E-state index in [-0.39, 0.29) is 0 Å². The summed E-state index contributed by atoms with van der Waals surface area (Å²) in [4.78, 5) is 16.3. The normalized spacial score (nSPS) is 16.0. The zero-order valence-electron chi connectivity index (χ0n) is 15.2. The lowest BCUT2D eigenvalue weighted by Gasteiger charge is -2.28. The average Bonchev–Trinajstić information content (AvgIpc) is 3.07. The van der Waals surface area contributed by atoms with Gasteiger partial charge < -0.3 is 20.5 Å². The van der Waals surface area contributed by atoms with Crippen LogP contribution in [0.1, 0.15) is 38.8 Å². The molecular formula is C18H23N5O3. The Labute approximate surface area is 152 Å². The first-order valence-electron chi connectivity index (χ1n) is 8.63. The molecule has 3 rings (SSSR count). The number of fused-ring (bicyclic) bond motifs is 1. The van der Waals surface area contributed by atoms with Crippen molar-refractivity contribution >= 4 is 11.9 Å². The summed E-state index contributed by atoms with van der Waals surface area (Å²) in [5.41, 5.74) is 7.56. The van der Waals surface area contributed by atoms with Gasteiger partial charge in [0.1, 0.15) is 12.4 Å². The number of carbonyl (C=O) groups is 1. The largest absolute Gasteiger partial charge is 0.490 e. The molecule has 26 heavy (non-hydrogen) atoms. The maximum Gasteiger partial charge on any atom is 0.248 e. The number of anilines is 1. The van der Waals surface area contributed by atoms with E-state index in [1.165, 1.54) is 6.33 Å². The van der Waals surface area contributed by atoms with Crippen LogP contribution in [0.25, 0.3) is 0 Å². The third kappa shape index (κ3) is 3.22. The lowest BCUT2D eigenvalue weighted by molar-refractivity contribution is -0.115. The second kappa shape index (κ2) is 7.47. The Hall–Kier alpha value is -3.03. The number of ether oxygens (including phenoxy) is 2. The minimum absolute atomic E-state index is 0.438. The third-order valence-electron chi connectivity index (χ3n) is 4.10. The summed E-state index contributed by atoms with van der Waals surface area (Å²) >= 11 is 0. The molecule has 2 heterocycles. The second-order valence-electron chi connectivity index (χ2n) is 5.95. The van der Waals surface area contributed by atoms with Crippen molar-refractivity contribution in [2.24, 2.45) is 5.73 Å². The predicted molar refractivity (Wildman–Crippen MR) is 97.1 cm³/mol. The average molecular weight is 357 g/mol. The molecule has 0 bridgehead atoms. The highest BCUT2D eigenvalue weighted by Gasteiger charge is 2.32. The van der Waals surface area contributed by atoms with Crippen LogP contribution in [0.5, 0.6) is 11.5 Å². The van der Waals surface area contributed by atoms with Gasteiger partial charge in [-0.2, -0.15) is 10.1 Å². The number of hydrogen-bond donors (Lipinski definition) is 2. The highest BCUT2D eigenvalue weighted by molar-refractivity contribution is 5.95. The first-order valence-corrected chi connectivity index (χ1v) is 8.63. The Kier molecular flexibility index (Phi) is 5.11. The van der Waals surface area contributed by atoms with Gasteiger partial charge >= 0.3 is 0 Å². The summed E-state index contributed by atoms with van der Waals surface area (Å²) < 4.78 is 13.1. The number of nitrogens with two attached hydrogens (primary N) is 1. The molecule has 1 aliphatic heterocycles. The maximum atomic E-state index is 12.1. The summed E-state index contributed by atoms with van der Waals surface area (Å²) in [6.45, 7) is 6.86. The number of carbonyl (C=O) groups excluding carboxylic acids is 1. The summed E-state index contributed by atoms with van der Waals surface area (Å²) in [6.07, 6.45) is 2.34. The Morgan fingerprint density at radius 1 is 1.31 bits per heavy atom. The fraction of sp³-hybridized carbons (Fsp3) is 0.389. The Morgan fingerprint density at radius 3 is 2.81 bits per heavy atom. The van der Waals surface area contributed by atoms with E-state index in [1.807, 2.05) is 32.0 Å². The molecule has 0 aliphatic carbocycles. The molecule has 0 saturated carbocycles. The number of benzene rings is 1. The third-order valence-corrected chi connectivity index (χ3v) is 4.10. The van der Waals surface area contributed by atoms with Gasteiger partial charge in [0, 0.05) is 5.70 Å². The lowest BCUT2D eigenvalue weighted by Crippen LogP contribution is -2.31. The molecule has 0 fully saturated rings. The number of nitrogens with one attached hydrogen (secondary N) is 1. The van der Waals surface area contributed by atoms with E-state index in [2.05, 4.69) is 15.4 Å². The number of allylic oxidation sites excluding steroid dienone is 1. The Bertz CT molecular complexity index is 843. The quantitative estimate of drug-likeness (QED) is 0.787. The number of hydrogen-bond acceptors (Lipinski definition) is 6. The summed E-state index contributed by atoms with van der Waals surface area (Å²) in [5.74, 6) is 1.35. The Balaban J connectivity index is 2.09. The van der Waals surface area contributed by atoms with Crippen LogP contribution in [0, 0.1) is 0 Å². The maximum absolute atomic E-state index is 12.1. The molecule has 138 valence electrons. The van der Waals surface area contributed by atoms with Crippen LogP contribution >= 0.6 is 0 Å². The molecule has 1 aromatic heterocycles. The molecule has 0 spiro atoms. The minimum atomic E-state index is -0.509. The van der Waals surface area contributed by atoms with Crippen LogP contribution in [0.15, 0.2) is 35.8 Å². The van der Waals surface area contributed by atoms with Crippen molar-refractivity contribution in [1.29, 1.82) is 0 Å². The van der Waals surface area contributed by atoms with E-state index in [0.717, 1.165) is 12.0 Å². The van der Waals surface area contributed by atoms with Gasteiger partial charge in [-0.05, 0) is 38.0 Å². The molecule has 8 nitrogen and oxygen atoms in total. The van der Waals surface area contributed by atoms with Crippen molar-refractivity contribution in [3.63, 3.8) is 0 Å². The van der Waals surface area contributed by atoms with Gasteiger partial charge in [0.15, 0.2) is 11.5 Å². The molecule has 8 heteroatoms. The van der Waals surface area contributed by atoms with E-state index in [0.29, 0.717) is 41.9 Å². The molecule has 1 aromatic carbocycles. The van der Waals surface area contributed by atoms with Crippen LogP contribution in [0.2, 0.25) is 0 Å². The van der Waals surface area contributed by atoms with Gasteiger partial charge in [0.05, 0.1) is 18.8 Å². The number of rotatable bonds is 7. The van der Waals surface area contributed by atoms with Crippen LogP contribution < -0.4 is 20.5 Å². The summed E-state index contributed by atoms with van der Waals surface area (Å²) in [5, 5.41) is 7.32. The zero-order valence-corrected chi connectivity index (χ0v) is 15.2. The molecule has 1 atom stereocenters. The Morgan fingerprint density at radius 2 is 2.12 bits per heavy atom. The topological polar surface area (TPSA) is 104 Å². The van der Waals surface area contributed by atoms with E-state index in [4.69, 9.17) is 15.2 Å². The first kappa shape index (κ1) is 17.8. The smallest absolute Gasteiger partial charge is 0.248 e. The second-order valence-corrected chi connectivity index (χ2v) is 5.95. The van der Waals surface area contributed by atoms with Gasteiger partial charge in [0.2, 0.25) is 11.9 Å². The first-order chi connectivity index (χ1) is 12.6. The number of amides is 1. The SMILES string of the molecule is CCCOc1ccc(C2C(C(N)=O)=C(C)Nc3ncnn32)cc1OCC. The van der Waals surface area contributed by atoms with Crippen molar-refractivity contribution in [2.75, 3.05) is 18.5 Å². The summed E-state index contributed by atoms with van der Waals surface area (Å²) in [7, 11) is 0. The van der Waals surface area contributed by atoms with Gasteiger partial charge in [-0.3, -0.25) is 4.79 Å². The van der Waals surface area contributed by atoms with Crippen LogP contribution in [0.3, 0.4) is 0 Å². The highest BCUT2D eigenvalue weighted by atomic mass is 16.5. The van der Waals surface area contributed by atoms with Gasteiger partial charge in [0.25, 0.3) is 0 Å². The summed E-state index contributed by atoms with van der Waals surface area (Å²) in [6, 6.07) is 5.13. The van der Waals surface area contributed by atoms with Gasteiger partial charge in [-0.15, -0.1) is 0 Å². The van der Waals surface area contributed by atoms with Crippen molar-refractivity contribution < 1.29 is 14.3 Å². The molecule has 2 aromatic rings. The standard InChI is InChI=1S/C18H23N5O3/c1-4-8-26-13-7-6-12(9-14(13)25-5-2)16-15(17(19)24)11(3)22-18-20-10-21-23(16)18/h6-7,9-10,16H,4-5,8H2,1-3H3,(H2,19,24)(H,20,21,22). The fourth-order valence-corrected chi connectivity index (χ4v) is 3.01. The molecule has 3 N–H and O–H groups in total. The highest BCUT2D eigenvalue weighted by Crippen LogP contribution is 2.38. The molecule has 1 amide bonds. The number of aromatic nitrogens is 3. The van der Waals surface area contributed by atoms with Crippen molar-refractivity contribution in [3.8, 4) is 11.5 Å². The van der Waals surface area contributed by atoms with E-state index < -0.39 is 11.9 Å². The van der Waals surface area contributed by atoms with Gasteiger partial charge in [-0.1, -0.05) is 13.0 Å². The van der Waals surface area contributed by atoms with Crippen LogP contribution in [-0.4, -0.2) is 33.9 Å².